The maximum atomic E-state index is 13.1. The third-order valence-electron chi connectivity index (χ3n) is 4.42. The third kappa shape index (κ3) is 3.27. The molecule has 120 valence electrons. The molecule has 4 heteroatoms. The van der Waals surface area contributed by atoms with Gasteiger partial charge in [-0.2, -0.15) is 0 Å². The first-order chi connectivity index (χ1) is 11.1. The maximum Gasteiger partial charge on any atom is 0.244 e. The molecular weight excluding hydrogens is 286 g/mol. The van der Waals surface area contributed by atoms with Crippen molar-refractivity contribution < 1.29 is 4.79 Å². The van der Waals surface area contributed by atoms with Crippen LogP contribution in [0, 0.1) is 6.92 Å². The van der Waals surface area contributed by atoms with Gasteiger partial charge in [-0.15, -0.1) is 0 Å². The largest absolute Gasteiger partial charge is 0.336 e. The van der Waals surface area contributed by atoms with Gasteiger partial charge in [0.1, 0.15) is 6.04 Å². The normalized spacial score (nSPS) is 15.4. The summed E-state index contributed by atoms with van der Waals surface area (Å²) >= 11 is 0. The van der Waals surface area contributed by atoms with E-state index in [2.05, 4.69) is 42.2 Å². The van der Waals surface area contributed by atoms with E-state index in [1.165, 1.54) is 5.56 Å². The molecule has 3 rings (SSSR count). The molecule has 4 nitrogen and oxygen atoms in total. The predicted molar refractivity (Wildman–Crippen MR) is 91.0 cm³/mol. The molecule has 2 aromatic rings. The molecule has 0 bridgehead atoms. The minimum absolute atomic E-state index is 0.161. The minimum Gasteiger partial charge on any atom is -0.336 e. The molecule has 0 aliphatic carbocycles. The molecule has 23 heavy (non-hydrogen) atoms. The van der Waals surface area contributed by atoms with E-state index in [-0.39, 0.29) is 11.9 Å². The molecule has 0 N–H and O–H groups in total. The molecule has 0 radical (unpaired) electrons. The number of hydrogen-bond donors (Lipinski definition) is 0. The summed E-state index contributed by atoms with van der Waals surface area (Å²) in [5.41, 5.74) is 4.53. The quantitative estimate of drug-likeness (QED) is 0.874. The van der Waals surface area contributed by atoms with Gasteiger partial charge in [0.15, 0.2) is 0 Å². The molecule has 1 aliphatic heterocycles. The number of hydrogen-bond acceptors (Lipinski definition) is 3. The number of pyridine rings is 1. The van der Waals surface area contributed by atoms with Gasteiger partial charge in [0.05, 0.1) is 0 Å². The lowest BCUT2D eigenvalue weighted by molar-refractivity contribution is -0.137. The second kappa shape index (κ2) is 6.50. The first-order valence-electron chi connectivity index (χ1n) is 8.01. The fourth-order valence-electron chi connectivity index (χ4n) is 3.14. The van der Waals surface area contributed by atoms with Gasteiger partial charge in [-0.25, -0.2) is 0 Å². The second-order valence-electron chi connectivity index (χ2n) is 6.40. The highest BCUT2D eigenvalue weighted by atomic mass is 16.2. The van der Waals surface area contributed by atoms with Crippen molar-refractivity contribution in [2.75, 3.05) is 20.6 Å². The zero-order valence-corrected chi connectivity index (χ0v) is 14.0. The average Bonchev–Trinajstić information content (AvgIpc) is 2.56. The van der Waals surface area contributed by atoms with Crippen molar-refractivity contribution in [1.29, 1.82) is 0 Å². The summed E-state index contributed by atoms with van der Waals surface area (Å²) < 4.78 is 0. The Kier molecular flexibility index (Phi) is 4.44. The molecule has 1 amide bonds. The van der Waals surface area contributed by atoms with Gasteiger partial charge >= 0.3 is 0 Å². The lowest BCUT2D eigenvalue weighted by Crippen LogP contribution is -2.43. The smallest absolute Gasteiger partial charge is 0.244 e. The summed E-state index contributed by atoms with van der Waals surface area (Å²) in [5, 5.41) is 0. The molecule has 2 heterocycles. The van der Waals surface area contributed by atoms with Crippen LogP contribution in [0.4, 0.5) is 0 Å². The number of amides is 1. The second-order valence-corrected chi connectivity index (χ2v) is 6.40. The highest BCUT2D eigenvalue weighted by molar-refractivity contribution is 5.83. The van der Waals surface area contributed by atoms with Crippen molar-refractivity contribution >= 4 is 5.91 Å². The Balaban J connectivity index is 1.84. The molecule has 0 spiro atoms. The standard InChI is InChI=1S/C19H23N3O/c1-14-6-8-15(9-7-14)18(21(2)3)19(23)22-12-10-17-16(13-22)5-4-11-20-17/h4-9,11,18H,10,12-13H2,1-3H3/t18-/m0/s1. The van der Waals surface area contributed by atoms with Crippen LogP contribution in [0.2, 0.25) is 0 Å². The Bertz CT molecular complexity index is 694. The minimum atomic E-state index is -0.242. The van der Waals surface area contributed by atoms with Crippen LogP contribution in [-0.2, 0) is 17.8 Å². The number of carbonyl (C=O) groups is 1. The molecule has 0 saturated carbocycles. The lowest BCUT2D eigenvalue weighted by atomic mass is 10.0. The fourth-order valence-corrected chi connectivity index (χ4v) is 3.14. The molecule has 1 aromatic heterocycles. The number of fused-ring (bicyclic) bond motifs is 1. The van der Waals surface area contributed by atoms with Crippen LogP contribution in [-0.4, -0.2) is 41.3 Å². The summed E-state index contributed by atoms with van der Waals surface area (Å²) in [5.74, 6) is 0.161. The molecule has 0 saturated heterocycles. The molecule has 1 aliphatic rings. The van der Waals surface area contributed by atoms with Gasteiger partial charge in [-0.05, 0) is 38.2 Å². The Morgan fingerprint density at radius 2 is 1.96 bits per heavy atom. The van der Waals surface area contributed by atoms with E-state index < -0.39 is 0 Å². The highest BCUT2D eigenvalue weighted by Crippen LogP contribution is 2.25. The van der Waals surface area contributed by atoms with Gasteiger partial charge in [0.2, 0.25) is 5.91 Å². The summed E-state index contributed by atoms with van der Waals surface area (Å²) in [4.78, 5) is 21.5. The summed E-state index contributed by atoms with van der Waals surface area (Å²) in [6.45, 7) is 3.45. The van der Waals surface area contributed by atoms with E-state index in [1.54, 1.807) is 0 Å². The maximum absolute atomic E-state index is 13.1. The van der Waals surface area contributed by atoms with Crippen molar-refractivity contribution in [3.05, 3.63) is 65.0 Å². The Morgan fingerprint density at radius 3 is 2.65 bits per heavy atom. The molecule has 1 aromatic carbocycles. The predicted octanol–water partition coefficient (Wildman–Crippen LogP) is 2.58. The van der Waals surface area contributed by atoms with Crippen LogP contribution >= 0.6 is 0 Å². The lowest BCUT2D eigenvalue weighted by Gasteiger charge is -2.34. The fraction of sp³-hybridized carbons (Fsp3) is 0.368. The summed E-state index contributed by atoms with van der Waals surface area (Å²) in [6.07, 6.45) is 2.65. The van der Waals surface area contributed by atoms with Crippen molar-refractivity contribution in [1.82, 2.24) is 14.8 Å². The number of aryl methyl sites for hydroxylation is 1. The van der Waals surface area contributed by atoms with Crippen molar-refractivity contribution in [2.24, 2.45) is 0 Å². The van der Waals surface area contributed by atoms with Gasteiger partial charge in [-0.3, -0.25) is 14.7 Å². The Morgan fingerprint density at radius 1 is 1.22 bits per heavy atom. The van der Waals surface area contributed by atoms with Gasteiger partial charge in [0, 0.05) is 31.4 Å². The van der Waals surface area contributed by atoms with Crippen LogP contribution in [0.25, 0.3) is 0 Å². The first kappa shape index (κ1) is 15.7. The average molecular weight is 309 g/mol. The zero-order chi connectivity index (χ0) is 16.4. The van der Waals surface area contributed by atoms with E-state index >= 15 is 0 Å². The van der Waals surface area contributed by atoms with Gasteiger partial charge < -0.3 is 4.90 Å². The monoisotopic (exact) mass is 309 g/mol. The number of rotatable bonds is 3. The van der Waals surface area contributed by atoms with Crippen LogP contribution in [0.15, 0.2) is 42.6 Å². The van der Waals surface area contributed by atoms with E-state index in [4.69, 9.17) is 0 Å². The topological polar surface area (TPSA) is 36.4 Å². The first-order valence-corrected chi connectivity index (χ1v) is 8.01. The third-order valence-corrected chi connectivity index (χ3v) is 4.42. The highest BCUT2D eigenvalue weighted by Gasteiger charge is 2.30. The molecular formula is C19H23N3O. The van der Waals surface area contributed by atoms with Gasteiger partial charge in [-0.1, -0.05) is 35.9 Å². The van der Waals surface area contributed by atoms with Crippen LogP contribution in [0.5, 0.6) is 0 Å². The van der Waals surface area contributed by atoms with E-state index in [0.29, 0.717) is 6.54 Å². The molecule has 0 unspecified atom stereocenters. The number of likely N-dealkylation sites (N-methyl/N-ethyl adjacent to an activating group) is 1. The van der Waals surface area contributed by atoms with E-state index in [9.17, 15) is 4.79 Å². The zero-order valence-electron chi connectivity index (χ0n) is 14.0. The summed E-state index contributed by atoms with van der Waals surface area (Å²) in [6, 6.07) is 12.0. The number of nitrogens with zero attached hydrogens (tertiary/aromatic N) is 3. The number of benzene rings is 1. The van der Waals surface area contributed by atoms with E-state index in [1.807, 2.05) is 36.2 Å². The van der Waals surface area contributed by atoms with Crippen LogP contribution in [0.1, 0.15) is 28.4 Å². The molecule has 1 atom stereocenters. The van der Waals surface area contributed by atoms with Gasteiger partial charge in [0.25, 0.3) is 0 Å². The van der Waals surface area contributed by atoms with E-state index in [0.717, 1.165) is 29.8 Å². The summed E-state index contributed by atoms with van der Waals surface area (Å²) in [7, 11) is 3.92. The van der Waals surface area contributed by atoms with Crippen molar-refractivity contribution in [3.8, 4) is 0 Å². The number of carbonyl (C=O) groups excluding carboxylic acids is 1. The number of aromatic nitrogens is 1. The molecule has 0 fully saturated rings. The van der Waals surface area contributed by atoms with Crippen molar-refractivity contribution in [3.63, 3.8) is 0 Å². The van der Waals surface area contributed by atoms with Crippen LogP contribution < -0.4 is 0 Å². The Hall–Kier alpha value is -2.20. The SMILES string of the molecule is Cc1ccc([C@@H](C(=O)N2CCc3ncccc3C2)N(C)C)cc1. The van der Waals surface area contributed by atoms with Crippen molar-refractivity contribution in [2.45, 2.75) is 25.9 Å². The van der Waals surface area contributed by atoms with Crippen LogP contribution in [0.3, 0.4) is 0 Å². The Labute approximate surface area is 137 Å².